The summed E-state index contributed by atoms with van der Waals surface area (Å²) in [6.45, 7) is 0.866. The van der Waals surface area contributed by atoms with Crippen LogP contribution in [0.5, 0.6) is 0 Å². The minimum atomic E-state index is -0.450. The van der Waals surface area contributed by atoms with Crippen molar-refractivity contribution in [3.63, 3.8) is 0 Å². The van der Waals surface area contributed by atoms with Gasteiger partial charge in [0.05, 0.1) is 11.0 Å². The Morgan fingerprint density at radius 3 is 2.58 bits per heavy atom. The molecule has 1 atom stereocenters. The zero-order chi connectivity index (χ0) is 13.8. The van der Waals surface area contributed by atoms with E-state index in [4.69, 9.17) is 0 Å². The second-order valence-corrected chi connectivity index (χ2v) is 4.67. The molecule has 1 aromatic carbocycles. The van der Waals surface area contributed by atoms with E-state index in [1.165, 1.54) is 12.1 Å². The zero-order valence-corrected chi connectivity index (χ0v) is 10.8. The van der Waals surface area contributed by atoms with E-state index in [0.29, 0.717) is 5.69 Å². The summed E-state index contributed by atoms with van der Waals surface area (Å²) in [6.07, 6.45) is 3.00. The largest absolute Gasteiger partial charge is 0.314 e. The van der Waals surface area contributed by atoms with Crippen molar-refractivity contribution in [3.05, 3.63) is 34.4 Å². The third kappa shape index (κ3) is 3.08. The predicted octanol–water partition coefficient (Wildman–Crippen LogP) is 1.70. The molecule has 1 heterocycles. The number of nitro benzene ring substituents is 1. The van der Waals surface area contributed by atoms with Crippen LogP contribution >= 0.6 is 0 Å². The SMILES string of the molecule is CN(C(=O)[C@@H]1CCCCN1)c1ccc([N+](=O)[O-])cc1. The summed E-state index contributed by atoms with van der Waals surface area (Å²) < 4.78 is 0. The van der Waals surface area contributed by atoms with Crippen LogP contribution in [0.1, 0.15) is 19.3 Å². The Kier molecular flexibility index (Phi) is 4.11. The van der Waals surface area contributed by atoms with Crippen molar-refractivity contribution < 1.29 is 9.72 Å². The van der Waals surface area contributed by atoms with Gasteiger partial charge in [-0.15, -0.1) is 0 Å². The van der Waals surface area contributed by atoms with Gasteiger partial charge in [-0.3, -0.25) is 14.9 Å². The lowest BCUT2D eigenvalue weighted by Crippen LogP contribution is -2.47. The van der Waals surface area contributed by atoms with Crippen LogP contribution in [-0.2, 0) is 4.79 Å². The van der Waals surface area contributed by atoms with E-state index < -0.39 is 4.92 Å². The Balaban J connectivity index is 2.07. The van der Waals surface area contributed by atoms with Crippen molar-refractivity contribution in [2.75, 3.05) is 18.5 Å². The molecule has 0 radical (unpaired) electrons. The van der Waals surface area contributed by atoms with Crippen molar-refractivity contribution in [1.29, 1.82) is 0 Å². The van der Waals surface area contributed by atoms with Crippen LogP contribution in [0.3, 0.4) is 0 Å². The summed E-state index contributed by atoms with van der Waals surface area (Å²) >= 11 is 0. The quantitative estimate of drug-likeness (QED) is 0.665. The first-order valence-electron chi connectivity index (χ1n) is 6.35. The Bertz CT molecular complexity index is 467. The molecule has 102 valence electrons. The van der Waals surface area contributed by atoms with Crippen molar-refractivity contribution in [3.8, 4) is 0 Å². The van der Waals surface area contributed by atoms with Crippen molar-refractivity contribution in [1.82, 2.24) is 5.32 Å². The molecule has 1 aliphatic heterocycles. The molecular weight excluding hydrogens is 246 g/mol. The summed E-state index contributed by atoms with van der Waals surface area (Å²) in [7, 11) is 1.69. The van der Waals surface area contributed by atoms with E-state index in [1.807, 2.05) is 0 Å². The van der Waals surface area contributed by atoms with Gasteiger partial charge >= 0.3 is 0 Å². The molecule has 0 aliphatic carbocycles. The number of rotatable bonds is 3. The minimum Gasteiger partial charge on any atom is -0.314 e. The van der Waals surface area contributed by atoms with Gasteiger partial charge < -0.3 is 10.2 Å². The minimum absolute atomic E-state index is 0.00792. The summed E-state index contributed by atoms with van der Waals surface area (Å²) in [5.74, 6) is 0.00792. The molecule has 6 heteroatoms. The molecule has 1 aliphatic rings. The fourth-order valence-corrected chi connectivity index (χ4v) is 2.22. The highest BCUT2D eigenvalue weighted by Gasteiger charge is 2.24. The van der Waals surface area contributed by atoms with Crippen LogP contribution in [0.15, 0.2) is 24.3 Å². The summed E-state index contributed by atoms with van der Waals surface area (Å²) in [5, 5.41) is 13.8. The van der Waals surface area contributed by atoms with E-state index in [2.05, 4.69) is 5.32 Å². The fraction of sp³-hybridized carbons (Fsp3) is 0.462. The molecule has 0 bridgehead atoms. The van der Waals surface area contributed by atoms with Crippen molar-refractivity contribution in [2.45, 2.75) is 25.3 Å². The lowest BCUT2D eigenvalue weighted by Gasteiger charge is -2.27. The predicted molar refractivity (Wildman–Crippen MR) is 72.1 cm³/mol. The lowest BCUT2D eigenvalue weighted by molar-refractivity contribution is -0.384. The number of hydrogen-bond donors (Lipinski definition) is 1. The molecule has 0 aromatic heterocycles. The molecule has 1 saturated heterocycles. The monoisotopic (exact) mass is 263 g/mol. The molecule has 0 saturated carbocycles. The second-order valence-electron chi connectivity index (χ2n) is 4.67. The highest BCUT2D eigenvalue weighted by Crippen LogP contribution is 2.20. The van der Waals surface area contributed by atoms with E-state index >= 15 is 0 Å². The van der Waals surface area contributed by atoms with Crippen molar-refractivity contribution >= 4 is 17.3 Å². The van der Waals surface area contributed by atoms with Crippen molar-refractivity contribution in [2.24, 2.45) is 0 Å². The smallest absolute Gasteiger partial charge is 0.269 e. The number of hydrogen-bond acceptors (Lipinski definition) is 4. The number of piperidine rings is 1. The number of carbonyl (C=O) groups is 1. The van der Waals surface area contributed by atoms with Crippen LogP contribution in [0, 0.1) is 10.1 Å². The van der Waals surface area contributed by atoms with Gasteiger partial charge in [-0.2, -0.15) is 0 Å². The molecular formula is C13H17N3O3. The average molecular weight is 263 g/mol. The number of nitrogens with zero attached hydrogens (tertiary/aromatic N) is 2. The maximum atomic E-state index is 12.2. The molecule has 6 nitrogen and oxygen atoms in total. The van der Waals surface area contributed by atoms with Crippen LogP contribution in [0.25, 0.3) is 0 Å². The van der Waals surface area contributed by atoms with E-state index in [0.717, 1.165) is 25.8 Å². The third-order valence-electron chi connectivity index (χ3n) is 3.39. The Morgan fingerprint density at radius 2 is 2.05 bits per heavy atom. The van der Waals surface area contributed by atoms with E-state index in [9.17, 15) is 14.9 Å². The number of likely N-dealkylation sites (N-methyl/N-ethyl adjacent to an activating group) is 1. The molecule has 1 amide bonds. The van der Waals surface area contributed by atoms with Crippen LogP contribution in [0.4, 0.5) is 11.4 Å². The Morgan fingerprint density at radius 1 is 1.37 bits per heavy atom. The number of non-ortho nitro benzene ring substituents is 1. The summed E-state index contributed by atoms with van der Waals surface area (Å²) in [4.78, 5) is 23.9. The van der Waals surface area contributed by atoms with Crippen LogP contribution in [-0.4, -0.2) is 30.5 Å². The van der Waals surface area contributed by atoms with Crippen LogP contribution < -0.4 is 10.2 Å². The lowest BCUT2D eigenvalue weighted by atomic mass is 10.0. The molecule has 19 heavy (non-hydrogen) atoms. The first kappa shape index (κ1) is 13.5. The number of nitrogens with one attached hydrogen (secondary N) is 1. The summed E-state index contributed by atoms with van der Waals surface area (Å²) in [6, 6.07) is 5.87. The van der Waals surface area contributed by atoms with E-state index in [1.54, 1.807) is 24.1 Å². The third-order valence-corrected chi connectivity index (χ3v) is 3.39. The van der Waals surface area contributed by atoms with E-state index in [-0.39, 0.29) is 17.6 Å². The molecule has 1 N–H and O–H groups in total. The fourth-order valence-electron chi connectivity index (χ4n) is 2.22. The second kappa shape index (κ2) is 5.79. The van der Waals surface area contributed by atoms with Crippen LogP contribution in [0.2, 0.25) is 0 Å². The number of carbonyl (C=O) groups excluding carboxylic acids is 1. The number of nitro groups is 1. The number of anilines is 1. The molecule has 1 fully saturated rings. The van der Waals surface area contributed by atoms with Gasteiger partial charge in [0.15, 0.2) is 0 Å². The standard InChI is InChI=1S/C13H17N3O3/c1-15(13(17)12-4-2-3-9-14-12)10-5-7-11(8-6-10)16(18)19/h5-8,12,14H,2-4,9H2,1H3/t12-/m0/s1. The maximum absolute atomic E-state index is 12.2. The number of amides is 1. The van der Waals surface area contributed by atoms with Gasteiger partial charge in [-0.05, 0) is 31.5 Å². The normalized spacial score (nSPS) is 18.9. The molecule has 2 rings (SSSR count). The molecule has 0 unspecified atom stereocenters. The van der Waals surface area contributed by atoms with Gasteiger partial charge in [0.25, 0.3) is 5.69 Å². The number of benzene rings is 1. The highest BCUT2D eigenvalue weighted by molar-refractivity contribution is 5.96. The molecule has 0 spiro atoms. The first-order chi connectivity index (χ1) is 9.09. The zero-order valence-electron chi connectivity index (χ0n) is 10.8. The Labute approximate surface area is 111 Å². The topological polar surface area (TPSA) is 75.5 Å². The van der Waals surface area contributed by atoms with Gasteiger partial charge in [0.2, 0.25) is 5.91 Å². The summed E-state index contributed by atoms with van der Waals surface area (Å²) in [5.41, 5.74) is 0.698. The van der Waals surface area contributed by atoms with Gasteiger partial charge in [-0.25, -0.2) is 0 Å². The highest BCUT2D eigenvalue weighted by atomic mass is 16.6. The van der Waals surface area contributed by atoms with Gasteiger partial charge in [-0.1, -0.05) is 6.42 Å². The molecule has 1 aromatic rings. The maximum Gasteiger partial charge on any atom is 0.269 e. The Hall–Kier alpha value is -1.95. The van der Waals surface area contributed by atoms with Gasteiger partial charge in [0.1, 0.15) is 0 Å². The van der Waals surface area contributed by atoms with Gasteiger partial charge in [0, 0.05) is 24.9 Å². The average Bonchev–Trinajstić information content (AvgIpc) is 2.46. The first-order valence-corrected chi connectivity index (χ1v) is 6.35.